The van der Waals surface area contributed by atoms with Gasteiger partial charge in [0.25, 0.3) is 0 Å². The molecule has 2 nitrogen and oxygen atoms in total. The fourth-order valence-corrected chi connectivity index (χ4v) is 2.31. The van der Waals surface area contributed by atoms with E-state index in [1.165, 1.54) is 25.8 Å². The van der Waals surface area contributed by atoms with Crippen LogP contribution in [0.1, 0.15) is 33.1 Å². The first-order valence-electron chi connectivity index (χ1n) is 5.80. The molecule has 0 amide bonds. The molecule has 1 aliphatic heterocycles. The molecule has 0 N–H and O–H groups in total. The van der Waals surface area contributed by atoms with E-state index in [4.69, 9.17) is 11.6 Å². The summed E-state index contributed by atoms with van der Waals surface area (Å²) in [6, 6.07) is 0.758. The molecule has 0 radical (unpaired) electrons. The quantitative estimate of drug-likeness (QED) is 0.654. The summed E-state index contributed by atoms with van der Waals surface area (Å²) in [6.07, 6.45) is 4.13. The summed E-state index contributed by atoms with van der Waals surface area (Å²) in [6.45, 7) is 9.04. The van der Waals surface area contributed by atoms with Crippen molar-refractivity contribution in [2.45, 2.75) is 39.2 Å². The second-order valence-electron chi connectivity index (χ2n) is 4.20. The second kappa shape index (κ2) is 6.65. The number of rotatable bonds is 5. The fourth-order valence-electron chi connectivity index (χ4n) is 2.07. The number of hydrogen-bond acceptors (Lipinski definition) is 2. The molecule has 1 rings (SSSR count). The monoisotopic (exact) mass is 218 g/mol. The van der Waals surface area contributed by atoms with Gasteiger partial charge in [-0.1, -0.05) is 13.3 Å². The van der Waals surface area contributed by atoms with Gasteiger partial charge in [-0.15, -0.1) is 11.6 Å². The minimum absolute atomic E-state index is 0.746. The Bertz CT molecular complexity index is 152. The number of alkyl halides is 1. The summed E-state index contributed by atoms with van der Waals surface area (Å²) in [5.41, 5.74) is 0. The Balaban J connectivity index is 2.31. The highest BCUT2D eigenvalue weighted by atomic mass is 35.5. The number of nitrogens with zero attached hydrogens (tertiary/aromatic N) is 2. The van der Waals surface area contributed by atoms with Crippen LogP contribution in [0.4, 0.5) is 0 Å². The van der Waals surface area contributed by atoms with E-state index in [0.717, 1.165) is 31.7 Å². The standard InChI is InChI=1S/C11H23ClN2/c1-3-13(9-7-12)10-14-8-5-4-6-11(14)2/h11H,3-10H2,1-2H3. The van der Waals surface area contributed by atoms with Gasteiger partial charge in [0, 0.05) is 18.5 Å². The van der Waals surface area contributed by atoms with Crippen molar-refractivity contribution in [3.8, 4) is 0 Å². The van der Waals surface area contributed by atoms with Gasteiger partial charge in [0.1, 0.15) is 0 Å². The van der Waals surface area contributed by atoms with Gasteiger partial charge in [-0.05, 0) is 32.9 Å². The fraction of sp³-hybridized carbons (Fsp3) is 1.00. The molecule has 0 spiro atoms. The van der Waals surface area contributed by atoms with Gasteiger partial charge in [0.05, 0.1) is 6.67 Å². The molecule has 14 heavy (non-hydrogen) atoms. The Morgan fingerprint density at radius 2 is 2.21 bits per heavy atom. The Morgan fingerprint density at radius 1 is 1.43 bits per heavy atom. The molecule has 1 heterocycles. The highest BCUT2D eigenvalue weighted by Crippen LogP contribution is 2.16. The van der Waals surface area contributed by atoms with E-state index in [1.54, 1.807) is 0 Å². The lowest BCUT2D eigenvalue weighted by Crippen LogP contribution is -2.45. The van der Waals surface area contributed by atoms with Crippen molar-refractivity contribution in [2.24, 2.45) is 0 Å². The topological polar surface area (TPSA) is 6.48 Å². The normalized spacial score (nSPS) is 24.4. The van der Waals surface area contributed by atoms with Gasteiger partial charge in [-0.2, -0.15) is 0 Å². The van der Waals surface area contributed by atoms with Crippen LogP contribution in [0.25, 0.3) is 0 Å². The predicted molar refractivity (Wildman–Crippen MR) is 62.9 cm³/mol. The van der Waals surface area contributed by atoms with E-state index in [2.05, 4.69) is 23.6 Å². The van der Waals surface area contributed by atoms with Crippen LogP contribution in [0.5, 0.6) is 0 Å². The minimum atomic E-state index is 0.746. The van der Waals surface area contributed by atoms with E-state index in [1.807, 2.05) is 0 Å². The average Bonchev–Trinajstić information content (AvgIpc) is 2.20. The van der Waals surface area contributed by atoms with E-state index in [9.17, 15) is 0 Å². The first kappa shape index (κ1) is 12.3. The van der Waals surface area contributed by atoms with Gasteiger partial charge in [-0.3, -0.25) is 9.80 Å². The Labute approximate surface area is 93.2 Å². The summed E-state index contributed by atoms with van der Waals surface area (Å²) in [5.74, 6) is 0.746. The van der Waals surface area contributed by atoms with Crippen molar-refractivity contribution in [2.75, 3.05) is 32.2 Å². The van der Waals surface area contributed by atoms with Crippen molar-refractivity contribution in [3.05, 3.63) is 0 Å². The third-order valence-electron chi connectivity index (χ3n) is 3.17. The van der Waals surface area contributed by atoms with Crippen molar-refractivity contribution < 1.29 is 0 Å². The summed E-state index contributed by atoms with van der Waals surface area (Å²) in [7, 11) is 0. The zero-order chi connectivity index (χ0) is 10.4. The Hall–Kier alpha value is 0.210. The van der Waals surface area contributed by atoms with Crippen LogP contribution in [0, 0.1) is 0 Å². The highest BCUT2D eigenvalue weighted by Gasteiger charge is 2.19. The highest BCUT2D eigenvalue weighted by molar-refractivity contribution is 6.18. The average molecular weight is 219 g/mol. The molecule has 1 unspecified atom stereocenters. The van der Waals surface area contributed by atoms with Crippen LogP contribution in [-0.4, -0.2) is 48.0 Å². The lowest BCUT2D eigenvalue weighted by Gasteiger charge is -2.37. The molecule has 3 heteroatoms. The maximum atomic E-state index is 5.77. The molecule has 1 saturated heterocycles. The lowest BCUT2D eigenvalue weighted by atomic mass is 10.0. The number of halogens is 1. The first-order chi connectivity index (χ1) is 6.77. The Morgan fingerprint density at radius 3 is 2.79 bits per heavy atom. The van der Waals surface area contributed by atoms with Gasteiger partial charge >= 0.3 is 0 Å². The molecule has 0 aliphatic carbocycles. The molecule has 1 aliphatic rings. The zero-order valence-electron chi connectivity index (χ0n) is 9.51. The van der Waals surface area contributed by atoms with E-state index in [-0.39, 0.29) is 0 Å². The zero-order valence-corrected chi connectivity index (χ0v) is 10.3. The lowest BCUT2D eigenvalue weighted by molar-refractivity contribution is 0.0810. The molecule has 0 bridgehead atoms. The van der Waals surface area contributed by atoms with Crippen LogP contribution in [0.2, 0.25) is 0 Å². The third kappa shape index (κ3) is 3.76. The van der Waals surface area contributed by atoms with Gasteiger partial charge in [0.2, 0.25) is 0 Å². The van der Waals surface area contributed by atoms with Crippen LogP contribution in [0.3, 0.4) is 0 Å². The molecule has 0 aromatic heterocycles. The minimum Gasteiger partial charge on any atom is -0.290 e. The first-order valence-corrected chi connectivity index (χ1v) is 6.33. The summed E-state index contributed by atoms with van der Waals surface area (Å²) < 4.78 is 0. The maximum absolute atomic E-state index is 5.77. The number of likely N-dealkylation sites (tertiary alicyclic amines) is 1. The van der Waals surface area contributed by atoms with Crippen molar-refractivity contribution in [1.29, 1.82) is 0 Å². The van der Waals surface area contributed by atoms with Gasteiger partial charge in [-0.25, -0.2) is 0 Å². The summed E-state index contributed by atoms with van der Waals surface area (Å²) in [4.78, 5) is 5.01. The van der Waals surface area contributed by atoms with E-state index < -0.39 is 0 Å². The molecule has 1 fully saturated rings. The van der Waals surface area contributed by atoms with Crippen molar-refractivity contribution in [1.82, 2.24) is 9.80 Å². The van der Waals surface area contributed by atoms with Crippen molar-refractivity contribution >= 4 is 11.6 Å². The molecular formula is C11H23ClN2. The molecule has 0 aromatic rings. The molecular weight excluding hydrogens is 196 g/mol. The number of hydrogen-bond donors (Lipinski definition) is 0. The SMILES string of the molecule is CCN(CCCl)CN1CCCCC1C. The molecule has 84 valence electrons. The van der Waals surface area contributed by atoms with Crippen LogP contribution in [0.15, 0.2) is 0 Å². The second-order valence-corrected chi connectivity index (χ2v) is 4.58. The summed E-state index contributed by atoms with van der Waals surface area (Å²) in [5, 5.41) is 0. The van der Waals surface area contributed by atoms with Crippen molar-refractivity contribution in [3.63, 3.8) is 0 Å². The molecule has 0 aromatic carbocycles. The molecule has 1 atom stereocenters. The maximum Gasteiger partial charge on any atom is 0.0509 e. The summed E-state index contributed by atoms with van der Waals surface area (Å²) >= 11 is 5.77. The largest absolute Gasteiger partial charge is 0.290 e. The Kier molecular flexibility index (Phi) is 5.83. The van der Waals surface area contributed by atoms with Crippen LogP contribution >= 0.6 is 11.6 Å². The van der Waals surface area contributed by atoms with Crippen LogP contribution < -0.4 is 0 Å². The van der Waals surface area contributed by atoms with E-state index >= 15 is 0 Å². The van der Waals surface area contributed by atoms with Gasteiger partial charge in [0.15, 0.2) is 0 Å². The third-order valence-corrected chi connectivity index (χ3v) is 3.34. The smallest absolute Gasteiger partial charge is 0.0509 e. The van der Waals surface area contributed by atoms with E-state index in [0.29, 0.717) is 0 Å². The predicted octanol–water partition coefficient (Wildman–Crippen LogP) is 2.38. The molecule has 0 saturated carbocycles. The van der Waals surface area contributed by atoms with Gasteiger partial charge < -0.3 is 0 Å². The number of piperidine rings is 1. The van der Waals surface area contributed by atoms with Crippen LogP contribution in [-0.2, 0) is 0 Å².